The molecule has 2 aliphatic rings. The Morgan fingerprint density at radius 3 is 2.31 bits per heavy atom. The number of hydrogen-bond acceptors (Lipinski definition) is 2. The number of aliphatic hydroxyl groups is 1. The lowest BCUT2D eigenvalue weighted by molar-refractivity contribution is -0.0897. The molecule has 2 heteroatoms. The molecular formula is C14H26O2. The van der Waals surface area contributed by atoms with Gasteiger partial charge in [0.2, 0.25) is 0 Å². The Morgan fingerprint density at radius 2 is 1.88 bits per heavy atom. The number of ether oxygens (including phenoxy) is 1. The summed E-state index contributed by atoms with van der Waals surface area (Å²) >= 11 is 0. The summed E-state index contributed by atoms with van der Waals surface area (Å²) in [6, 6.07) is 0. The van der Waals surface area contributed by atoms with Crippen LogP contribution in [0.1, 0.15) is 53.9 Å². The highest BCUT2D eigenvalue weighted by molar-refractivity contribution is 5.13. The molecule has 0 radical (unpaired) electrons. The minimum atomic E-state index is -0.274. The first-order chi connectivity index (χ1) is 7.30. The summed E-state index contributed by atoms with van der Waals surface area (Å²) in [6.45, 7) is 11.1. The lowest BCUT2D eigenvalue weighted by Crippen LogP contribution is -2.43. The first kappa shape index (κ1) is 12.4. The lowest BCUT2D eigenvalue weighted by atomic mass is 9.66. The van der Waals surface area contributed by atoms with Crippen LogP contribution in [0.2, 0.25) is 0 Å². The molecule has 0 amide bonds. The third kappa shape index (κ3) is 1.62. The van der Waals surface area contributed by atoms with Gasteiger partial charge in [-0.15, -0.1) is 0 Å². The van der Waals surface area contributed by atoms with Gasteiger partial charge in [-0.05, 0) is 37.5 Å². The molecule has 0 spiro atoms. The van der Waals surface area contributed by atoms with Crippen molar-refractivity contribution in [2.75, 3.05) is 0 Å². The van der Waals surface area contributed by atoms with Crippen molar-refractivity contribution in [1.82, 2.24) is 0 Å². The van der Waals surface area contributed by atoms with Crippen LogP contribution >= 0.6 is 0 Å². The Kier molecular flexibility index (Phi) is 2.87. The summed E-state index contributed by atoms with van der Waals surface area (Å²) in [6.07, 6.45) is 2.82. The van der Waals surface area contributed by atoms with E-state index in [0.717, 1.165) is 12.8 Å². The molecule has 2 heterocycles. The highest BCUT2D eigenvalue weighted by atomic mass is 16.6. The zero-order valence-electron chi connectivity index (χ0n) is 11.3. The lowest BCUT2D eigenvalue weighted by Gasteiger charge is -2.38. The number of fused-ring (bicyclic) bond motifs is 2. The van der Waals surface area contributed by atoms with E-state index in [1.165, 1.54) is 6.42 Å². The van der Waals surface area contributed by atoms with Crippen LogP contribution in [0, 0.1) is 17.8 Å². The van der Waals surface area contributed by atoms with Gasteiger partial charge in [0, 0.05) is 6.42 Å². The molecule has 2 rings (SSSR count). The summed E-state index contributed by atoms with van der Waals surface area (Å²) in [5.74, 6) is 1.83. The summed E-state index contributed by atoms with van der Waals surface area (Å²) in [4.78, 5) is 0. The van der Waals surface area contributed by atoms with Gasteiger partial charge >= 0.3 is 0 Å². The maximum absolute atomic E-state index is 10.1. The predicted molar refractivity (Wildman–Crippen MR) is 65.2 cm³/mol. The van der Waals surface area contributed by atoms with Gasteiger partial charge in [0.25, 0.3) is 0 Å². The van der Waals surface area contributed by atoms with Crippen molar-refractivity contribution >= 4 is 0 Å². The van der Waals surface area contributed by atoms with Crippen molar-refractivity contribution in [3.63, 3.8) is 0 Å². The molecule has 0 aliphatic carbocycles. The van der Waals surface area contributed by atoms with Crippen molar-refractivity contribution in [2.45, 2.75) is 71.2 Å². The van der Waals surface area contributed by atoms with Crippen LogP contribution in [-0.2, 0) is 4.74 Å². The van der Waals surface area contributed by atoms with Gasteiger partial charge in [0.15, 0.2) is 0 Å². The van der Waals surface area contributed by atoms with E-state index in [0.29, 0.717) is 17.8 Å². The first-order valence-electron chi connectivity index (χ1n) is 6.68. The SMILES string of the molecule is CC(C)CC1C[C@]2(C)O[C@@]1(C(C)C)C[C@H]2O. The molecule has 1 unspecified atom stereocenters. The second kappa shape index (κ2) is 3.71. The second-order valence-electron chi connectivity index (χ2n) is 6.77. The summed E-state index contributed by atoms with van der Waals surface area (Å²) < 4.78 is 6.28. The zero-order valence-corrected chi connectivity index (χ0v) is 11.3. The monoisotopic (exact) mass is 226 g/mol. The highest BCUT2D eigenvalue weighted by Crippen LogP contribution is 2.58. The fourth-order valence-electron chi connectivity index (χ4n) is 3.83. The molecular weight excluding hydrogens is 200 g/mol. The van der Waals surface area contributed by atoms with Gasteiger partial charge in [-0.25, -0.2) is 0 Å². The van der Waals surface area contributed by atoms with Gasteiger partial charge in [0.05, 0.1) is 17.3 Å². The smallest absolute Gasteiger partial charge is 0.0924 e. The molecule has 94 valence electrons. The quantitative estimate of drug-likeness (QED) is 0.801. The third-order valence-corrected chi connectivity index (χ3v) is 4.72. The maximum Gasteiger partial charge on any atom is 0.0924 e. The number of rotatable bonds is 3. The second-order valence-corrected chi connectivity index (χ2v) is 6.77. The minimum absolute atomic E-state index is 0.0571. The van der Waals surface area contributed by atoms with E-state index < -0.39 is 0 Å². The van der Waals surface area contributed by atoms with Crippen molar-refractivity contribution in [2.24, 2.45) is 17.8 Å². The fraction of sp³-hybridized carbons (Fsp3) is 1.00. The Balaban J connectivity index is 2.24. The van der Waals surface area contributed by atoms with Crippen molar-refractivity contribution in [3.05, 3.63) is 0 Å². The van der Waals surface area contributed by atoms with Crippen LogP contribution in [0.25, 0.3) is 0 Å². The van der Waals surface area contributed by atoms with Crippen molar-refractivity contribution in [1.29, 1.82) is 0 Å². The predicted octanol–water partition coefficient (Wildman–Crippen LogP) is 2.99. The van der Waals surface area contributed by atoms with Crippen LogP contribution < -0.4 is 0 Å². The summed E-state index contributed by atoms with van der Waals surface area (Å²) in [7, 11) is 0. The van der Waals surface area contributed by atoms with E-state index in [4.69, 9.17) is 4.74 Å². The molecule has 4 atom stereocenters. The van der Waals surface area contributed by atoms with Gasteiger partial charge in [-0.2, -0.15) is 0 Å². The molecule has 0 aromatic carbocycles. The summed E-state index contributed by atoms with van der Waals surface area (Å²) in [5, 5.41) is 10.1. The van der Waals surface area contributed by atoms with Crippen LogP contribution in [0.15, 0.2) is 0 Å². The Hall–Kier alpha value is -0.0800. The first-order valence-corrected chi connectivity index (χ1v) is 6.68. The van der Waals surface area contributed by atoms with Crippen molar-refractivity contribution < 1.29 is 9.84 Å². The van der Waals surface area contributed by atoms with E-state index in [2.05, 4.69) is 34.6 Å². The van der Waals surface area contributed by atoms with Gasteiger partial charge in [0.1, 0.15) is 0 Å². The van der Waals surface area contributed by atoms with Crippen molar-refractivity contribution in [3.8, 4) is 0 Å². The molecule has 2 nitrogen and oxygen atoms in total. The van der Waals surface area contributed by atoms with Gasteiger partial charge in [-0.3, -0.25) is 0 Å². The minimum Gasteiger partial charge on any atom is -0.390 e. The molecule has 2 aliphatic heterocycles. The molecule has 2 saturated heterocycles. The Morgan fingerprint density at radius 1 is 1.25 bits per heavy atom. The molecule has 2 bridgehead atoms. The van der Waals surface area contributed by atoms with Crippen LogP contribution in [0.4, 0.5) is 0 Å². The van der Waals surface area contributed by atoms with Crippen LogP contribution in [0.5, 0.6) is 0 Å². The van der Waals surface area contributed by atoms with E-state index in [1.54, 1.807) is 0 Å². The van der Waals surface area contributed by atoms with E-state index in [-0.39, 0.29) is 17.3 Å². The molecule has 0 aromatic rings. The van der Waals surface area contributed by atoms with Gasteiger partial charge < -0.3 is 9.84 Å². The average molecular weight is 226 g/mol. The van der Waals surface area contributed by atoms with E-state index in [1.807, 2.05) is 0 Å². The number of aliphatic hydroxyl groups excluding tert-OH is 1. The molecule has 1 N–H and O–H groups in total. The topological polar surface area (TPSA) is 29.5 Å². The summed E-state index contributed by atoms with van der Waals surface area (Å²) in [5.41, 5.74) is -0.331. The molecule has 16 heavy (non-hydrogen) atoms. The standard InChI is InChI=1S/C14H26O2/c1-9(2)6-11-7-13(5)12(15)8-14(11,16-13)10(3)4/h9-12,15H,6-8H2,1-5H3/t11?,12-,13+,14-/m1/s1. The van der Waals surface area contributed by atoms with Crippen LogP contribution in [0.3, 0.4) is 0 Å². The number of hydrogen-bond donors (Lipinski definition) is 1. The third-order valence-electron chi connectivity index (χ3n) is 4.72. The molecule has 2 fully saturated rings. The highest BCUT2D eigenvalue weighted by Gasteiger charge is 2.64. The molecule has 0 aromatic heterocycles. The Bertz CT molecular complexity index is 274. The van der Waals surface area contributed by atoms with Crippen LogP contribution in [-0.4, -0.2) is 22.4 Å². The Labute approximate surface area is 99.4 Å². The molecule has 0 saturated carbocycles. The van der Waals surface area contributed by atoms with Gasteiger partial charge in [-0.1, -0.05) is 27.7 Å². The largest absolute Gasteiger partial charge is 0.390 e. The average Bonchev–Trinajstić information content (AvgIpc) is 2.52. The van der Waals surface area contributed by atoms with E-state index in [9.17, 15) is 5.11 Å². The fourth-order valence-corrected chi connectivity index (χ4v) is 3.83. The maximum atomic E-state index is 10.1. The van der Waals surface area contributed by atoms with E-state index >= 15 is 0 Å². The normalized spacial score (nSPS) is 47.2. The zero-order chi connectivity index (χ0) is 12.1.